The Labute approximate surface area is 354 Å². The fraction of sp³-hybridized carbons (Fsp3) is 0.944. The third-order valence-electron chi connectivity index (χ3n) is 9.72. The highest BCUT2D eigenvalue weighted by Crippen LogP contribution is 2.51. The van der Waals surface area contributed by atoms with E-state index >= 15 is 0 Å². The van der Waals surface area contributed by atoms with Crippen LogP contribution in [0.5, 0.6) is 0 Å². The van der Waals surface area contributed by atoms with Crippen LogP contribution < -0.4 is 0 Å². The molecule has 0 amide bonds. The van der Waals surface area contributed by atoms with Gasteiger partial charge in [0.05, 0.1) is 6.61 Å². The predicted molar refractivity (Wildman–Crippen MR) is 219 cm³/mol. The van der Waals surface area contributed by atoms with Gasteiger partial charge in [0.2, 0.25) is 0 Å². The van der Waals surface area contributed by atoms with Gasteiger partial charge in [-0.1, -0.05) is 122 Å². The lowest BCUT2D eigenvalue weighted by Gasteiger charge is -2.44. The Morgan fingerprint density at radius 1 is 0.525 bits per heavy atom. The Kier molecular flexibility index (Phi) is 30.0. The zero-order valence-electron chi connectivity index (χ0n) is 34.3. The average molecular weight is 933 g/mol. The van der Waals surface area contributed by atoms with Gasteiger partial charge in [-0.25, -0.2) is 13.7 Å². The second-order valence-electron chi connectivity index (χ2n) is 15.0. The van der Waals surface area contributed by atoms with Gasteiger partial charge in [-0.15, -0.1) is 0 Å². The number of aliphatic hydroxyl groups is 3. The number of unbranched alkanes of at least 4 members (excludes halogenated alkanes) is 19. The van der Waals surface area contributed by atoms with Crippen LogP contribution in [0.4, 0.5) is 0 Å². The maximum absolute atomic E-state index is 13.0. The molecule has 8 N–H and O–H groups in total. The average Bonchev–Trinajstić information content (AvgIpc) is 3.15. The van der Waals surface area contributed by atoms with Crippen LogP contribution in [0.2, 0.25) is 0 Å². The van der Waals surface area contributed by atoms with Crippen LogP contribution >= 0.6 is 36.1 Å². The summed E-state index contributed by atoms with van der Waals surface area (Å²) in [6, 6.07) is 0. The van der Waals surface area contributed by atoms with E-state index in [1.807, 2.05) is 0 Å². The predicted octanol–water partition coefficient (Wildman–Crippen LogP) is 5.92. The van der Waals surface area contributed by atoms with E-state index in [0.29, 0.717) is 12.8 Å². The van der Waals surface area contributed by atoms with Gasteiger partial charge in [0.25, 0.3) is 0 Å². The minimum Gasteiger partial charge on any atom is -0.462 e. The van der Waals surface area contributed by atoms with Crippen molar-refractivity contribution in [1.82, 2.24) is 0 Å². The Balaban J connectivity index is 2.80. The van der Waals surface area contributed by atoms with Crippen LogP contribution in [0.1, 0.15) is 155 Å². The molecule has 350 valence electrons. The largest absolute Gasteiger partial charge is 0.472 e. The molecule has 0 aromatic carbocycles. The van der Waals surface area contributed by atoms with Crippen molar-refractivity contribution in [3.63, 3.8) is 0 Å². The van der Waals surface area contributed by atoms with Gasteiger partial charge in [0, 0.05) is 12.8 Å². The first-order valence-electron chi connectivity index (χ1n) is 20.9. The molecule has 4 unspecified atom stereocenters. The van der Waals surface area contributed by atoms with Crippen LogP contribution in [-0.4, -0.2) is 113 Å². The van der Waals surface area contributed by atoms with Crippen LogP contribution in [0.15, 0.2) is 0 Å². The summed E-state index contributed by atoms with van der Waals surface area (Å²) in [5.41, 5.74) is 0. The van der Waals surface area contributed by atoms with Gasteiger partial charge < -0.3 is 49.3 Å². The van der Waals surface area contributed by atoms with Crippen molar-refractivity contribution in [2.24, 2.45) is 0 Å². The lowest BCUT2D eigenvalue weighted by molar-refractivity contribution is -0.213. The molecule has 1 saturated carbocycles. The highest BCUT2D eigenvalue weighted by Gasteiger charge is 2.56. The number of hydrogen-bond donors (Lipinski definition) is 9. The second kappa shape index (κ2) is 31.4. The lowest BCUT2D eigenvalue weighted by Crippen LogP contribution is -2.65. The molecule has 0 radical (unpaired) electrons. The molecule has 1 aliphatic carbocycles. The number of carbonyl (C=O) groups excluding carboxylic acids is 2. The van der Waals surface area contributed by atoms with Crippen molar-refractivity contribution in [1.29, 1.82) is 0 Å². The Bertz CT molecular complexity index is 1290. The first-order chi connectivity index (χ1) is 27.8. The molecule has 0 heterocycles. The third kappa shape index (κ3) is 28.0. The molecule has 0 aliphatic heterocycles. The summed E-state index contributed by atoms with van der Waals surface area (Å²) in [7, 11) is -16.6. The van der Waals surface area contributed by atoms with Crippen molar-refractivity contribution in [3.05, 3.63) is 0 Å². The highest BCUT2D eigenvalue weighted by molar-refractivity contribution is 7.80. The molecule has 0 aromatic heterocycles. The molecule has 0 bridgehead atoms. The first kappa shape index (κ1) is 56.5. The van der Waals surface area contributed by atoms with E-state index in [4.69, 9.17) is 18.5 Å². The summed E-state index contributed by atoms with van der Waals surface area (Å²) in [5, 5.41) is 31.7. The molecule has 59 heavy (non-hydrogen) atoms. The Morgan fingerprint density at radius 3 is 1.36 bits per heavy atom. The van der Waals surface area contributed by atoms with Crippen LogP contribution in [0, 0.1) is 0 Å². The molecular weight excluding hydrogens is 861 g/mol. The maximum Gasteiger partial charge on any atom is 0.472 e. The van der Waals surface area contributed by atoms with Crippen LogP contribution in [0.25, 0.3) is 0 Å². The fourth-order valence-corrected chi connectivity index (χ4v) is 8.88. The smallest absolute Gasteiger partial charge is 0.462 e. The van der Waals surface area contributed by atoms with Gasteiger partial charge in [0.1, 0.15) is 43.2 Å². The summed E-state index contributed by atoms with van der Waals surface area (Å²) >= 11 is 4.21. The molecular formula is C36H71O19P3S. The van der Waals surface area contributed by atoms with Crippen LogP contribution in [-0.2, 0) is 50.9 Å². The van der Waals surface area contributed by atoms with Gasteiger partial charge in [0.15, 0.2) is 6.10 Å². The molecule has 23 heteroatoms. The number of rotatable bonds is 36. The van der Waals surface area contributed by atoms with Gasteiger partial charge in [-0.3, -0.25) is 27.7 Å². The molecule has 8 atom stereocenters. The monoisotopic (exact) mass is 932 g/mol. The molecule has 19 nitrogen and oxygen atoms in total. The quantitative estimate of drug-likeness (QED) is 0.0152. The summed E-state index contributed by atoms with van der Waals surface area (Å²) in [4.78, 5) is 72.8. The van der Waals surface area contributed by atoms with E-state index in [0.717, 1.165) is 82.8 Å². The van der Waals surface area contributed by atoms with Crippen LogP contribution in [0.3, 0.4) is 0 Å². The summed E-state index contributed by atoms with van der Waals surface area (Å²) in [5.74, 6) is -0.440. The SMILES string of the molecule is CCCCCCCCCCCCCCCC(=O)O[C@H](COC(=O)CCCCCCCCCCS)COP(=O)(O)OC1C(O)[C@H](OP(=O)(O)O)C(OP(=O)(O)O)[C@H](O)[C@@H]1O. The summed E-state index contributed by atoms with van der Waals surface area (Å²) in [6.45, 7) is 0.720. The number of ether oxygens (including phenoxy) is 2. The molecule has 0 spiro atoms. The number of phosphoric ester groups is 3. The standard InChI is InChI=1S/C36H71O19P3S/c1-2-3-4-5-6-7-8-9-10-11-15-18-21-24-30(38)52-28(26-50-29(37)23-20-17-14-12-13-16-19-22-25-59)27-51-58(48,49)55-34-31(39)32(40)35(53-56(42,43)44)36(33(34)41)54-57(45,46)47/h28,31-36,39-41,59H,2-27H2,1H3,(H,48,49)(H2,42,43,44)(H2,45,46,47)/t28-,31+,32-,33?,34?,35?,36+/m1/s1. The van der Waals surface area contributed by atoms with E-state index in [1.165, 1.54) is 44.9 Å². The normalized spacial score (nSPS) is 22.8. The molecule has 1 rings (SSSR count). The maximum atomic E-state index is 13.0. The topological polar surface area (TPSA) is 303 Å². The van der Waals surface area contributed by atoms with E-state index < -0.39 is 91.3 Å². The Morgan fingerprint density at radius 2 is 0.915 bits per heavy atom. The molecule has 1 fully saturated rings. The number of hydrogen-bond acceptors (Lipinski definition) is 15. The number of esters is 2. The van der Waals surface area contributed by atoms with Gasteiger partial charge in [-0.2, -0.15) is 12.6 Å². The summed E-state index contributed by atoms with van der Waals surface area (Å²) in [6.07, 6.45) is 5.78. The number of phosphoric acid groups is 3. The van der Waals surface area contributed by atoms with Crippen molar-refractivity contribution < 1.29 is 90.6 Å². The second-order valence-corrected chi connectivity index (χ2v) is 19.3. The molecule has 0 aromatic rings. The first-order valence-corrected chi connectivity index (χ1v) is 26.1. The van der Waals surface area contributed by atoms with E-state index in [2.05, 4.69) is 28.6 Å². The number of aliphatic hydroxyl groups excluding tert-OH is 3. The van der Waals surface area contributed by atoms with Crippen molar-refractivity contribution in [2.45, 2.75) is 197 Å². The minimum absolute atomic E-state index is 0.00128. The lowest BCUT2D eigenvalue weighted by atomic mass is 9.85. The van der Waals surface area contributed by atoms with Crippen molar-refractivity contribution in [2.75, 3.05) is 19.0 Å². The fourth-order valence-electron chi connectivity index (χ4n) is 6.56. The number of carbonyl (C=O) groups is 2. The zero-order chi connectivity index (χ0) is 44.3. The number of thiol groups is 1. The third-order valence-corrected chi connectivity index (χ3v) is 12.1. The van der Waals surface area contributed by atoms with E-state index in [1.54, 1.807) is 0 Å². The van der Waals surface area contributed by atoms with E-state index in [-0.39, 0.29) is 12.8 Å². The molecule has 1 aliphatic rings. The molecule has 0 saturated heterocycles. The van der Waals surface area contributed by atoms with E-state index in [9.17, 15) is 63.1 Å². The van der Waals surface area contributed by atoms with Crippen molar-refractivity contribution in [3.8, 4) is 0 Å². The Hall–Kier alpha value is -0.500. The minimum atomic E-state index is -5.59. The van der Waals surface area contributed by atoms with Gasteiger partial charge in [-0.05, 0) is 25.0 Å². The summed E-state index contributed by atoms with van der Waals surface area (Å²) < 4.78 is 65.1. The van der Waals surface area contributed by atoms with Crippen molar-refractivity contribution >= 4 is 48.0 Å². The highest BCUT2D eigenvalue weighted by atomic mass is 32.1. The zero-order valence-corrected chi connectivity index (χ0v) is 37.9. The van der Waals surface area contributed by atoms with Gasteiger partial charge >= 0.3 is 35.4 Å².